The number of esters is 1. The molecule has 0 aliphatic carbocycles. The van der Waals surface area contributed by atoms with Gasteiger partial charge in [-0.1, -0.05) is 6.92 Å². The largest absolute Gasteiger partial charge is 0.465 e. The first-order chi connectivity index (χ1) is 10.7. The van der Waals surface area contributed by atoms with E-state index in [-0.39, 0.29) is 12.1 Å². The number of likely N-dealkylation sites (tertiary alicyclic amines) is 1. The number of likely N-dealkylation sites (N-methyl/N-ethyl adjacent to an activating group) is 1. The lowest BCUT2D eigenvalue weighted by molar-refractivity contribution is -0.156. The van der Waals surface area contributed by atoms with Crippen LogP contribution in [-0.4, -0.2) is 66.3 Å². The van der Waals surface area contributed by atoms with E-state index >= 15 is 0 Å². The lowest BCUT2D eigenvalue weighted by atomic mass is 9.93. The molecule has 0 aromatic rings. The molecule has 0 aromatic heterocycles. The lowest BCUT2D eigenvalue weighted by Crippen LogP contribution is -2.53. The average molecular weight is 328 g/mol. The minimum absolute atomic E-state index is 0.139. The van der Waals surface area contributed by atoms with Crippen LogP contribution >= 0.6 is 0 Å². The maximum Gasteiger partial charge on any atom is 0.410 e. The normalized spacial score (nSPS) is 22.0. The van der Waals surface area contributed by atoms with Gasteiger partial charge in [-0.05, 0) is 53.5 Å². The number of ether oxygens (including phenoxy) is 2. The highest BCUT2D eigenvalue weighted by molar-refractivity contribution is 5.81. The third kappa shape index (κ3) is 5.09. The fourth-order valence-electron chi connectivity index (χ4n) is 3.00. The van der Waals surface area contributed by atoms with Crippen LogP contribution in [0.4, 0.5) is 4.79 Å². The Morgan fingerprint density at radius 3 is 2.43 bits per heavy atom. The Morgan fingerprint density at radius 2 is 1.91 bits per heavy atom. The molecule has 0 N–H and O–H groups in total. The average Bonchev–Trinajstić information content (AvgIpc) is 2.87. The maximum atomic E-state index is 12.4. The molecule has 0 saturated carbocycles. The van der Waals surface area contributed by atoms with Crippen molar-refractivity contribution in [3.05, 3.63) is 0 Å². The highest BCUT2D eigenvalue weighted by atomic mass is 16.6. The van der Waals surface area contributed by atoms with Crippen LogP contribution in [0.25, 0.3) is 0 Å². The first-order valence-electron chi connectivity index (χ1n) is 8.52. The highest BCUT2D eigenvalue weighted by Gasteiger charge is 2.46. The summed E-state index contributed by atoms with van der Waals surface area (Å²) < 4.78 is 10.6. The van der Waals surface area contributed by atoms with Crippen molar-refractivity contribution in [1.82, 2.24) is 9.80 Å². The Labute approximate surface area is 140 Å². The van der Waals surface area contributed by atoms with Crippen molar-refractivity contribution in [3.8, 4) is 0 Å². The minimum Gasteiger partial charge on any atom is -0.465 e. The minimum atomic E-state index is -0.537. The maximum absolute atomic E-state index is 12.4. The summed E-state index contributed by atoms with van der Waals surface area (Å²) in [5.41, 5.74) is -1.04. The SMILES string of the molecule is CCOC(=O)C1(CC)CCCN1CCN(C)C(=O)OC(C)(C)C. The van der Waals surface area contributed by atoms with E-state index < -0.39 is 11.1 Å². The van der Waals surface area contributed by atoms with Crippen LogP contribution < -0.4 is 0 Å². The summed E-state index contributed by atoms with van der Waals surface area (Å²) in [6, 6.07) is 0. The Bertz CT molecular complexity index is 419. The van der Waals surface area contributed by atoms with Gasteiger partial charge in [0, 0.05) is 20.1 Å². The van der Waals surface area contributed by atoms with E-state index in [2.05, 4.69) is 4.90 Å². The third-order valence-electron chi connectivity index (χ3n) is 4.27. The molecule has 1 heterocycles. The lowest BCUT2D eigenvalue weighted by Gasteiger charge is -2.36. The van der Waals surface area contributed by atoms with E-state index in [4.69, 9.17) is 9.47 Å². The molecule has 1 fully saturated rings. The Balaban J connectivity index is 2.64. The molecule has 6 heteroatoms. The molecule has 0 spiro atoms. The van der Waals surface area contributed by atoms with Crippen LogP contribution in [0.5, 0.6) is 0 Å². The zero-order valence-electron chi connectivity index (χ0n) is 15.5. The molecular formula is C17H32N2O4. The van der Waals surface area contributed by atoms with E-state index in [0.29, 0.717) is 19.7 Å². The monoisotopic (exact) mass is 328 g/mol. The van der Waals surface area contributed by atoms with Gasteiger partial charge < -0.3 is 14.4 Å². The standard InChI is InChI=1S/C17H32N2O4/c1-7-17(14(20)22-8-2)10-9-11-19(17)13-12-18(6)15(21)23-16(3,4)5/h7-13H2,1-6H3. The molecule has 134 valence electrons. The first-order valence-corrected chi connectivity index (χ1v) is 8.52. The van der Waals surface area contributed by atoms with Crippen LogP contribution in [0.2, 0.25) is 0 Å². The zero-order valence-corrected chi connectivity index (χ0v) is 15.5. The highest BCUT2D eigenvalue weighted by Crippen LogP contribution is 2.33. The van der Waals surface area contributed by atoms with Crippen LogP contribution in [-0.2, 0) is 14.3 Å². The van der Waals surface area contributed by atoms with Gasteiger partial charge in [-0.25, -0.2) is 4.79 Å². The first kappa shape index (κ1) is 19.7. The van der Waals surface area contributed by atoms with Gasteiger partial charge in [-0.2, -0.15) is 0 Å². The molecule has 23 heavy (non-hydrogen) atoms. The van der Waals surface area contributed by atoms with Gasteiger partial charge in [-0.15, -0.1) is 0 Å². The number of carbonyl (C=O) groups excluding carboxylic acids is 2. The van der Waals surface area contributed by atoms with Crippen molar-refractivity contribution in [2.45, 2.75) is 65.0 Å². The molecule has 1 aliphatic heterocycles. The molecule has 0 radical (unpaired) electrons. The van der Waals surface area contributed by atoms with Gasteiger partial charge in [-0.3, -0.25) is 9.69 Å². The van der Waals surface area contributed by atoms with Crippen molar-refractivity contribution in [2.24, 2.45) is 0 Å². The van der Waals surface area contributed by atoms with Crippen LogP contribution in [0.1, 0.15) is 53.9 Å². The molecule has 1 atom stereocenters. The Morgan fingerprint density at radius 1 is 1.26 bits per heavy atom. The molecule has 1 aliphatic rings. The Kier molecular flexibility index (Phi) is 6.86. The van der Waals surface area contributed by atoms with Crippen molar-refractivity contribution in [3.63, 3.8) is 0 Å². The second-order valence-electron chi connectivity index (χ2n) is 7.10. The molecule has 1 saturated heterocycles. The summed E-state index contributed by atoms with van der Waals surface area (Å²) in [7, 11) is 1.72. The number of hydrogen-bond donors (Lipinski definition) is 0. The van der Waals surface area contributed by atoms with E-state index in [1.807, 2.05) is 34.6 Å². The summed E-state index contributed by atoms with van der Waals surface area (Å²) in [6.45, 7) is 11.8. The van der Waals surface area contributed by atoms with Crippen LogP contribution in [0.15, 0.2) is 0 Å². The molecule has 0 bridgehead atoms. The van der Waals surface area contributed by atoms with E-state index in [0.717, 1.165) is 25.8 Å². The van der Waals surface area contributed by atoms with Gasteiger partial charge in [0.15, 0.2) is 0 Å². The van der Waals surface area contributed by atoms with Crippen LogP contribution in [0, 0.1) is 0 Å². The van der Waals surface area contributed by atoms with Crippen LogP contribution in [0.3, 0.4) is 0 Å². The summed E-state index contributed by atoms with van der Waals surface area (Å²) in [5.74, 6) is -0.139. The van der Waals surface area contributed by atoms with Crippen molar-refractivity contribution in [2.75, 3.05) is 33.3 Å². The Hall–Kier alpha value is -1.30. The van der Waals surface area contributed by atoms with E-state index in [1.54, 1.807) is 11.9 Å². The predicted octanol–water partition coefficient (Wildman–Crippen LogP) is 2.66. The van der Waals surface area contributed by atoms with Crippen molar-refractivity contribution in [1.29, 1.82) is 0 Å². The van der Waals surface area contributed by atoms with Gasteiger partial charge in [0.25, 0.3) is 0 Å². The second-order valence-corrected chi connectivity index (χ2v) is 7.10. The summed E-state index contributed by atoms with van der Waals surface area (Å²) in [6.07, 6.45) is 2.18. The van der Waals surface area contributed by atoms with Crippen molar-refractivity contribution < 1.29 is 19.1 Å². The topological polar surface area (TPSA) is 59.1 Å². The van der Waals surface area contributed by atoms with E-state index in [9.17, 15) is 9.59 Å². The molecule has 1 unspecified atom stereocenters. The fourth-order valence-corrected chi connectivity index (χ4v) is 3.00. The third-order valence-corrected chi connectivity index (χ3v) is 4.27. The zero-order chi connectivity index (χ0) is 17.7. The number of nitrogens with zero attached hydrogens (tertiary/aromatic N) is 2. The summed E-state index contributed by atoms with van der Waals surface area (Å²) in [5, 5.41) is 0. The number of rotatable bonds is 6. The fraction of sp³-hybridized carbons (Fsp3) is 0.882. The molecule has 1 amide bonds. The van der Waals surface area contributed by atoms with E-state index in [1.165, 1.54) is 0 Å². The van der Waals surface area contributed by atoms with Gasteiger partial charge in [0.05, 0.1) is 6.61 Å². The molecule has 1 rings (SSSR count). The predicted molar refractivity (Wildman–Crippen MR) is 89.3 cm³/mol. The quantitative estimate of drug-likeness (QED) is 0.702. The number of carbonyl (C=O) groups is 2. The summed E-state index contributed by atoms with van der Waals surface area (Å²) in [4.78, 5) is 28.2. The molecule has 6 nitrogen and oxygen atoms in total. The summed E-state index contributed by atoms with van der Waals surface area (Å²) >= 11 is 0. The smallest absolute Gasteiger partial charge is 0.410 e. The van der Waals surface area contributed by atoms with Gasteiger partial charge in [0.2, 0.25) is 0 Å². The van der Waals surface area contributed by atoms with Gasteiger partial charge in [0.1, 0.15) is 11.1 Å². The molecule has 0 aromatic carbocycles. The number of amides is 1. The second kappa shape index (κ2) is 7.99. The number of hydrogen-bond acceptors (Lipinski definition) is 5. The van der Waals surface area contributed by atoms with Gasteiger partial charge >= 0.3 is 12.1 Å². The molecular weight excluding hydrogens is 296 g/mol. The van der Waals surface area contributed by atoms with Crippen molar-refractivity contribution >= 4 is 12.1 Å².